The fraction of sp³-hybridized carbons (Fsp3) is 0.167. The molecule has 0 saturated carbocycles. The van der Waals surface area contributed by atoms with Crippen LogP contribution < -0.4 is 15.0 Å². The molecule has 0 unspecified atom stereocenters. The number of ether oxygens (including phenoxy) is 1. The molecular formula is C18H15ClN2O4. The number of hydrogen-bond donors (Lipinski definition) is 1. The number of para-hydroxylation sites is 2. The van der Waals surface area contributed by atoms with E-state index in [1.54, 1.807) is 36.4 Å². The fourth-order valence-electron chi connectivity index (χ4n) is 2.58. The highest BCUT2D eigenvalue weighted by Gasteiger charge is 2.27. The number of nitrogens with one attached hydrogen (secondary N) is 1. The van der Waals surface area contributed by atoms with E-state index in [9.17, 15) is 14.4 Å². The SMILES string of the molecule is CC(=O)c1cc(Cl)ccc1OCC(=O)N1CC(=O)Nc2ccccc21. The highest BCUT2D eigenvalue weighted by atomic mass is 35.5. The Morgan fingerprint density at radius 2 is 2.00 bits per heavy atom. The van der Waals surface area contributed by atoms with Crippen LogP contribution in [0.3, 0.4) is 0 Å². The lowest BCUT2D eigenvalue weighted by Crippen LogP contribution is -2.44. The monoisotopic (exact) mass is 358 g/mol. The summed E-state index contributed by atoms with van der Waals surface area (Å²) in [5.74, 6) is -0.595. The first-order valence-electron chi connectivity index (χ1n) is 7.58. The normalized spacial score (nSPS) is 13.0. The van der Waals surface area contributed by atoms with Crippen LogP contribution in [0.5, 0.6) is 5.75 Å². The van der Waals surface area contributed by atoms with Crippen molar-refractivity contribution in [1.82, 2.24) is 0 Å². The van der Waals surface area contributed by atoms with Crippen molar-refractivity contribution >= 4 is 40.6 Å². The van der Waals surface area contributed by atoms with E-state index in [1.165, 1.54) is 17.9 Å². The Morgan fingerprint density at radius 3 is 2.76 bits per heavy atom. The number of ketones is 1. The molecule has 6 nitrogen and oxygen atoms in total. The Hall–Kier alpha value is -2.86. The van der Waals surface area contributed by atoms with E-state index in [-0.39, 0.29) is 36.5 Å². The summed E-state index contributed by atoms with van der Waals surface area (Å²) < 4.78 is 5.52. The summed E-state index contributed by atoms with van der Waals surface area (Å²) in [5.41, 5.74) is 1.48. The molecule has 0 aromatic heterocycles. The minimum atomic E-state index is -0.383. The van der Waals surface area contributed by atoms with Gasteiger partial charge in [-0.1, -0.05) is 23.7 Å². The van der Waals surface area contributed by atoms with Crippen molar-refractivity contribution in [3.63, 3.8) is 0 Å². The number of anilines is 2. The summed E-state index contributed by atoms with van der Waals surface area (Å²) in [4.78, 5) is 37.4. The van der Waals surface area contributed by atoms with E-state index in [4.69, 9.17) is 16.3 Å². The molecule has 1 N–H and O–H groups in total. The van der Waals surface area contributed by atoms with Gasteiger partial charge in [-0.05, 0) is 37.3 Å². The Labute approximate surface area is 149 Å². The number of fused-ring (bicyclic) bond motifs is 1. The molecule has 0 saturated heterocycles. The maximum Gasteiger partial charge on any atom is 0.265 e. The third kappa shape index (κ3) is 3.64. The van der Waals surface area contributed by atoms with Gasteiger partial charge in [-0.15, -0.1) is 0 Å². The van der Waals surface area contributed by atoms with Gasteiger partial charge in [0.2, 0.25) is 5.91 Å². The molecule has 3 rings (SSSR count). The number of carbonyl (C=O) groups is 3. The zero-order chi connectivity index (χ0) is 18.0. The molecule has 1 heterocycles. The fourth-order valence-corrected chi connectivity index (χ4v) is 2.75. The number of amides is 2. The molecule has 2 aromatic carbocycles. The minimum Gasteiger partial charge on any atom is -0.483 e. The second kappa shape index (κ2) is 6.94. The lowest BCUT2D eigenvalue weighted by molar-refractivity contribution is -0.123. The molecule has 0 fully saturated rings. The summed E-state index contributed by atoms with van der Waals surface area (Å²) in [5, 5.41) is 3.12. The van der Waals surface area contributed by atoms with Crippen molar-refractivity contribution in [2.24, 2.45) is 0 Å². The van der Waals surface area contributed by atoms with E-state index >= 15 is 0 Å². The average molecular weight is 359 g/mol. The van der Waals surface area contributed by atoms with Gasteiger partial charge in [0.05, 0.1) is 16.9 Å². The first kappa shape index (κ1) is 17.0. The molecule has 0 spiro atoms. The zero-order valence-electron chi connectivity index (χ0n) is 13.4. The topological polar surface area (TPSA) is 75.7 Å². The van der Waals surface area contributed by atoms with E-state index in [0.717, 1.165) is 0 Å². The summed E-state index contributed by atoms with van der Waals surface area (Å²) in [6, 6.07) is 11.6. The number of benzene rings is 2. The van der Waals surface area contributed by atoms with E-state index in [2.05, 4.69) is 5.32 Å². The second-order valence-corrected chi connectivity index (χ2v) is 5.97. The van der Waals surface area contributed by atoms with Gasteiger partial charge in [0.15, 0.2) is 12.4 Å². The Bertz CT molecular complexity index is 866. The second-order valence-electron chi connectivity index (χ2n) is 5.53. The van der Waals surface area contributed by atoms with Crippen LogP contribution in [0.15, 0.2) is 42.5 Å². The third-order valence-electron chi connectivity index (χ3n) is 3.74. The molecule has 128 valence electrons. The number of Topliss-reactive ketones (excluding diaryl/α,β-unsaturated/α-hetero) is 1. The van der Waals surface area contributed by atoms with Gasteiger partial charge < -0.3 is 10.1 Å². The number of carbonyl (C=O) groups excluding carboxylic acids is 3. The largest absolute Gasteiger partial charge is 0.483 e. The standard InChI is InChI=1S/C18H15ClN2O4/c1-11(22)13-8-12(19)6-7-16(13)25-10-18(24)21-9-17(23)20-14-4-2-3-5-15(14)21/h2-8H,9-10H2,1H3,(H,20,23). The van der Waals surface area contributed by atoms with Crippen molar-refractivity contribution in [3.05, 3.63) is 53.1 Å². The zero-order valence-corrected chi connectivity index (χ0v) is 14.2. The van der Waals surface area contributed by atoms with Crippen LogP contribution in [0.25, 0.3) is 0 Å². The Kier molecular flexibility index (Phi) is 4.72. The molecule has 0 aliphatic carbocycles. The van der Waals surface area contributed by atoms with Gasteiger partial charge in [0, 0.05) is 5.02 Å². The third-order valence-corrected chi connectivity index (χ3v) is 3.98. The Balaban J connectivity index is 1.78. The number of nitrogens with zero attached hydrogens (tertiary/aromatic N) is 1. The van der Waals surface area contributed by atoms with E-state index in [0.29, 0.717) is 22.0 Å². The molecule has 2 aromatic rings. The molecule has 0 atom stereocenters. The van der Waals surface area contributed by atoms with Crippen LogP contribution in [-0.4, -0.2) is 30.7 Å². The van der Waals surface area contributed by atoms with Crippen molar-refractivity contribution in [2.75, 3.05) is 23.4 Å². The van der Waals surface area contributed by atoms with Gasteiger partial charge in [0.1, 0.15) is 12.3 Å². The highest BCUT2D eigenvalue weighted by molar-refractivity contribution is 6.31. The number of halogens is 1. The smallest absolute Gasteiger partial charge is 0.265 e. The van der Waals surface area contributed by atoms with Gasteiger partial charge in [-0.25, -0.2) is 0 Å². The molecule has 25 heavy (non-hydrogen) atoms. The lowest BCUT2D eigenvalue weighted by atomic mass is 10.1. The van der Waals surface area contributed by atoms with Crippen LogP contribution in [0.1, 0.15) is 17.3 Å². The number of rotatable bonds is 4. The summed E-state index contributed by atoms with van der Waals surface area (Å²) in [6.45, 7) is 1.01. The first-order valence-corrected chi connectivity index (χ1v) is 7.96. The molecule has 0 radical (unpaired) electrons. The molecule has 1 aliphatic rings. The van der Waals surface area contributed by atoms with E-state index in [1.807, 2.05) is 0 Å². The molecule has 7 heteroatoms. The molecule has 1 aliphatic heterocycles. The highest BCUT2D eigenvalue weighted by Crippen LogP contribution is 2.29. The van der Waals surface area contributed by atoms with Crippen molar-refractivity contribution in [1.29, 1.82) is 0 Å². The van der Waals surface area contributed by atoms with Crippen LogP contribution in [0, 0.1) is 0 Å². The molecular weight excluding hydrogens is 344 g/mol. The maximum absolute atomic E-state index is 12.5. The van der Waals surface area contributed by atoms with E-state index < -0.39 is 0 Å². The maximum atomic E-state index is 12.5. The van der Waals surface area contributed by atoms with Crippen molar-refractivity contribution in [3.8, 4) is 5.75 Å². The Morgan fingerprint density at radius 1 is 1.24 bits per heavy atom. The molecule has 2 amide bonds. The number of hydrogen-bond acceptors (Lipinski definition) is 4. The first-order chi connectivity index (χ1) is 12.0. The summed E-state index contributed by atoms with van der Waals surface area (Å²) in [7, 11) is 0. The quantitative estimate of drug-likeness (QED) is 0.853. The van der Waals surface area contributed by atoms with Crippen LogP contribution >= 0.6 is 11.6 Å². The predicted octanol–water partition coefficient (Wildman–Crippen LogP) is 2.91. The van der Waals surface area contributed by atoms with Gasteiger partial charge >= 0.3 is 0 Å². The summed E-state index contributed by atoms with van der Waals surface area (Å²) in [6.07, 6.45) is 0. The van der Waals surface area contributed by atoms with Crippen molar-refractivity contribution < 1.29 is 19.1 Å². The van der Waals surface area contributed by atoms with Crippen LogP contribution in [0.4, 0.5) is 11.4 Å². The predicted molar refractivity (Wildman–Crippen MR) is 94.4 cm³/mol. The lowest BCUT2D eigenvalue weighted by Gasteiger charge is -2.29. The van der Waals surface area contributed by atoms with Gasteiger partial charge in [-0.2, -0.15) is 0 Å². The average Bonchev–Trinajstić information content (AvgIpc) is 2.59. The van der Waals surface area contributed by atoms with Gasteiger partial charge in [-0.3, -0.25) is 19.3 Å². The summed E-state index contributed by atoms with van der Waals surface area (Å²) >= 11 is 5.89. The van der Waals surface area contributed by atoms with Gasteiger partial charge in [0.25, 0.3) is 5.91 Å². The minimum absolute atomic E-state index is 0.0839. The van der Waals surface area contributed by atoms with Crippen molar-refractivity contribution in [2.45, 2.75) is 6.92 Å². The molecule has 0 bridgehead atoms. The van der Waals surface area contributed by atoms with Crippen LogP contribution in [-0.2, 0) is 9.59 Å². The van der Waals surface area contributed by atoms with Crippen LogP contribution in [0.2, 0.25) is 5.02 Å².